The highest BCUT2D eigenvalue weighted by atomic mass is 32.2. The molecule has 3 aromatic rings. The average molecular weight is 442 g/mol. The van der Waals surface area contributed by atoms with Gasteiger partial charge < -0.3 is 5.32 Å². The Hall–Kier alpha value is -2.55. The third kappa shape index (κ3) is 4.30. The smallest absolute Gasteiger partial charge is 0.255 e. The Labute approximate surface area is 180 Å². The predicted octanol–water partition coefficient (Wildman–Crippen LogP) is 4.55. The first-order valence-corrected chi connectivity index (χ1v) is 12.2. The zero-order chi connectivity index (χ0) is 21.1. The number of thiazole rings is 1. The van der Waals surface area contributed by atoms with Gasteiger partial charge in [-0.25, -0.2) is 13.4 Å². The highest BCUT2D eigenvalue weighted by molar-refractivity contribution is 7.89. The van der Waals surface area contributed by atoms with E-state index >= 15 is 0 Å². The number of rotatable bonds is 5. The molecule has 1 aliphatic rings. The van der Waals surface area contributed by atoms with Gasteiger partial charge in [-0.3, -0.25) is 4.79 Å². The number of carbonyl (C=O) groups excluding carboxylic acids is 1. The molecule has 1 aromatic heterocycles. The van der Waals surface area contributed by atoms with Crippen molar-refractivity contribution < 1.29 is 13.2 Å². The van der Waals surface area contributed by atoms with E-state index in [0.29, 0.717) is 24.3 Å². The van der Waals surface area contributed by atoms with E-state index < -0.39 is 10.0 Å². The minimum absolute atomic E-state index is 0.222. The van der Waals surface area contributed by atoms with Crippen molar-refractivity contribution in [3.63, 3.8) is 0 Å². The van der Waals surface area contributed by atoms with E-state index in [1.807, 2.05) is 36.6 Å². The Kier molecular flexibility index (Phi) is 5.99. The van der Waals surface area contributed by atoms with E-state index in [0.717, 1.165) is 35.5 Å². The molecule has 1 saturated heterocycles. The van der Waals surface area contributed by atoms with E-state index in [1.54, 1.807) is 23.5 Å². The number of sulfonamides is 1. The van der Waals surface area contributed by atoms with Gasteiger partial charge in [-0.15, -0.1) is 11.3 Å². The second-order valence-corrected chi connectivity index (χ2v) is 10.2. The minimum atomic E-state index is -3.51. The Morgan fingerprint density at radius 3 is 2.40 bits per heavy atom. The zero-order valence-electron chi connectivity index (χ0n) is 16.7. The summed E-state index contributed by atoms with van der Waals surface area (Å²) in [7, 11) is -3.51. The highest BCUT2D eigenvalue weighted by Gasteiger charge is 2.26. The number of carbonyl (C=O) groups is 1. The molecule has 8 heteroatoms. The largest absolute Gasteiger partial charge is 0.321 e. The van der Waals surface area contributed by atoms with Crippen LogP contribution >= 0.6 is 11.3 Å². The topological polar surface area (TPSA) is 79.4 Å². The summed E-state index contributed by atoms with van der Waals surface area (Å²) in [4.78, 5) is 17.5. The number of hydrogen-bond donors (Lipinski definition) is 1. The molecule has 2 heterocycles. The molecule has 6 nitrogen and oxygen atoms in total. The number of aryl methyl sites for hydroxylation is 1. The van der Waals surface area contributed by atoms with Gasteiger partial charge in [0.25, 0.3) is 5.91 Å². The third-order valence-electron chi connectivity index (χ3n) is 5.14. The zero-order valence-corrected chi connectivity index (χ0v) is 18.3. The van der Waals surface area contributed by atoms with Crippen LogP contribution in [0.3, 0.4) is 0 Å². The highest BCUT2D eigenvalue weighted by Crippen LogP contribution is 2.29. The van der Waals surface area contributed by atoms with Crippen LogP contribution in [-0.4, -0.2) is 36.7 Å². The molecule has 0 unspecified atom stereocenters. The van der Waals surface area contributed by atoms with Crippen molar-refractivity contribution in [3.8, 4) is 11.3 Å². The number of piperidine rings is 1. The summed E-state index contributed by atoms with van der Waals surface area (Å²) in [6.45, 7) is 3.05. The molecule has 0 bridgehead atoms. The summed E-state index contributed by atoms with van der Waals surface area (Å²) >= 11 is 1.55. The van der Waals surface area contributed by atoms with Gasteiger partial charge in [-0.2, -0.15) is 4.31 Å². The van der Waals surface area contributed by atoms with Crippen LogP contribution in [0.4, 0.5) is 5.69 Å². The number of amides is 1. The maximum absolute atomic E-state index is 12.8. The predicted molar refractivity (Wildman–Crippen MR) is 119 cm³/mol. The fraction of sp³-hybridized carbons (Fsp3) is 0.273. The Bertz CT molecular complexity index is 1150. The molecule has 1 amide bonds. The fourth-order valence-electron chi connectivity index (χ4n) is 3.53. The SMILES string of the molecule is Cc1nc(-c2ccccc2NC(=O)c2ccc(S(=O)(=O)N3CCCCC3)cc2)cs1. The van der Waals surface area contributed by atoms with Gasteiger partial charge in [0.2, 0.25) is 10.0 Å². The molecule has 0 atom stereocenters. The van der Waals surface area contributed by atoms with E-state index in [1.165, 1.54) is 16.4 Å². The van der Waals surface area contributed by atoms with Crippen LogP contribution in [0, 0.1) is 6.92 Å². The van der Waals surface area contributed by atoms with Crippen LogP contribution in [-0.2, 0) is 10.0 Å². The molecule has 0 radical (unpaired) electrons. The van der Waals surface area contributed by atoms with Gasteiger partial charge in [0.1, 0.15) is 0 Å². The Morgan fingerprint density at radius 2 is 1.73 bits per heavy atom. The van der Waals surface area contributed by atoms with Crippen LogP contribution in [0.15, 0.2) is 58.8 Å². The molecule has 1 aliphatic heterocycles. The molecular formula is C22H23N3O3S2. The average Bonchev–Trinajstić information content (AvgIpc) is 3.21. The summed E-state index contributed by atoms with van der Waals surface area (Å²) in [5, 5.41) is 5.84. The van der Waals surface area contributed by atoms with Gasteiger partial charge >= 0.3 is 0 Å². The molecule has 0 saturated carbocycles. The Morgan fingerprint density at radius 1 is 1.03 bits per heavy atom. The number of benzene rings is 2. The van der Waals surface area contributed by atoms with Gasteiger partial charge in [-0.1, -0.05) is 24.6 Å². The van der Waals surface area contributed by atoms with Crippen molar-refractivity contribution in [2.45, 2.75) is 31.1 Å². The molecule has 30 heavy (non-hydrogen) atoms. The van der Waals surface area contributed by atoms with E-state index in [4.69, 9.17) is 0 Å². The van der Waals surface area contributed by atoms with Gasteiger partial charge in [-0.05, 0) is 50.1 Å². The lowest BCUT2D eigenvalue weighted by atomic mass is 10.1. The van der Waals surface area contributed by atoms with Crippen LogP contribution < -0.4 is 5.32 Å². The van der Waals surface area contributed by atoms with Crippen molar-refractivity contribution in [1.29, 1.82) is 0 Å². The lowest BCUT2D eigenvalue weighted by Gasteiger charge is -2.25. The summed E-state index contributed by atoms with van der Waals surface area (Å²) in [5.41, 5.74) is 2.73. The number of nitrogens with one attached hydrogen (secondary N) is 1. The first-order valence-electron chi connectivity index (χ1n) is 9.88. The maximum Gasteiger partial charge on any atom is 0.255 e. The van der Waals surface area contributed by atoms with Crippen LogP contribution in [0.2, 0.25) is 0 Å². The first-order chi connectivity index (χ1) is 14.4. The molecule has 1 N–H and O–H groups in total. The summed E-state index contributed by atoms with van der Waals surface area (Å²) in [5.74, 6) is -0.295. The van der Waals surface area contributed by atoms with Gasteiger partial charge in [0.15, 0.2) is 0 Å². The number of aromatic nitrogens is 1. The quantitative estimate of drug-likeness (QED) is 0.630. The molecule has 2 aromatic carbocycles. The van der Waals surface area contributed by atoms with Crippen molar-refractivity contribution in [2.24, 2.45) is 0 Å². The van der Waals surface area contributed by atoms with Crippen molar-refractivity contribution in [3.05, 3.63) is 64.5 Å². The normalized spacial score (nSPS) is 15.1. The number of hydrogen-bond acceptors (Lipinski definition) is 5. The monoisotopic (exact) mass is 441 g/mol. The molecule has 1 fully saturated rings. The third-order valence-corrected chi connectivity index (χ3v) is 7.83. The van der Waals surface area contributed by atoms with E-state index in [9.17, 15) is 13.2 Å². The molecule has 0 spiro atoms. The summed E-state index contributed by atoms with van der Waals surface area (Å²) < 4.78 is 27.1. The molecular weight excluding hydrogens is 418 g/mol. The van der Waals surface area contributed by atoms with Crippen molar-refractivity contribution >= 4 is 33.0 Å². The fourth-order valence-corrected chi connectivity index (χ4v) is 5.66. The van der Waals surface area contributed by atoms with E-state index in [-0.39, 0.29) is 10.8 Å². The summed E-state index contributed by atoms with van der Waals surface area (Å²) in [6.07, 6.45) is 2.84. The van der Waals surface area contributed by atoms with E-state index in [2.05, 4.69) is 10.3 Å². The minimum Gasteiger partial charge on any atom is -0.321 e. The standard InChI is InChI=1S/C22H23N3O3S2/c1-16-23-21(15-29-16)19-7-3-4-8-20(19)24-22(26)17-9-11-18(12-10-17)30(27,28)25-13-5-2-6-14-25/h3-4,7-12,15H,2,5-6,13-14H2,1H3,(H,24,26). The number of para-hydroxylation sites is 1. The molecule has 4 rings (SSSR count). The number of nitrogens with zero attached hydrogens (tertiary/aromatic N) is 2. The van der Waals surface area contributed by atoms with Crippen LogP contribution in [0.25, 0.3) is 11.3 Å². The molecule has 156 valence electrons. The lowest BCUT2D eigenvalue weighted by molar-refractivity contribution is 0.102. The van der Waals surface area contributed by atoms with Crippen LogP contribution in [0.5, 0.6) is 0 Å². The second kappa shape index (κ2) is 8.67. The maximum atomic E-state index is 12.8. The Balaban J connectivity index is 1.53. The lowest BCUT2D eigenvalue weighted by Crippen LogP contribution is -2.35. The summed E-state index contributed by atoms with van der Waals surface area (Å²) in [6, 6.07) is 13.6. The molecule has 0 aliphatic carbocycles. The van der Waals surface area contributed by atoms with Crippen LogP contribution in [0.1, 0.15) is 34.6 Å². The second-order valence-electron chi connectivity index (χ2n) is 7.24. The first kappa shape index (κ1) is 20.7. The van der Waals surface area contributed by atoms with Gasteiger partial charge in [0, 0.05) is 29.6 Å². The van der Waals surface area contributed by atoms with Crippen molar-refractivity contribution in [1.82, 2.24) is 9.29 Å². The van der Waals surface area contributed by atoms with Gasteiger partial charge in [0.05, 0.1) is 21.3 Å². The van der Waals surface area contributed by atoms with Crippen molar-refractivity contribution in [2.75, 3.05) is 18.4 Å². The number of anilines is 1.